The smallest absolute Gasteiger partial charge is 0.125 e. The summed E-state index contributed by atoms with van der Waals surface area (Å²) in [5, 5.41) is 3.56. The average molecular weight is 326 g/mol. The lowest BCUT2D eigenvalue weighted by Crippen LogP contribution is -2.24. The monoisotopic (exact) mass is 325 g/mol. The van der Waals surface area contributed by atoms with E-state index >= 15 is 0 Å². The molecule has 0 saturated carbocycles. The fourth-order valence-electron chi connectivity index (χ4n) is 2.80. The molecule has 0 amide bonds. The molecule has 1 saturated heterocycles. The van der Waals surface area contributed by atoms with E-state index in [0.29, 0.717) is 6.04 Å². The number of methoxy groups -OCH3 is 1. The average Bonchev–Trinajstić information content (AvgIpc) is 2.80. The molecule has 1 unspecified atom stereocenters. The molecule has 2 rings (SSSR count). The van der Waals surface area contributed by atoms with E-state index in [0.717, 1.165) is 23.2 Å². The van der Waals surface area contributed by atoms with Gasteiger partial charge in [0.05, 0.1) is 7.11 Å². The number of ether oxygens (including phenoxy) is 1. The Labute approximate surface area is 125 Å². The highest BCUT2D eigenvalue weighted by Gasteiger charge is 2.24. The molecule has 1 heterocycles. The predicted molar refractivity (Wildman–Crippen MR) is 84.1 cm³/mol. The van der Waals surface area contributed by atoms with Crippen molar-refractivity contribution < 1.29 is 4.74 Å². The molecule has 1 atom stereocenters. The third kappa shape index (κ3) is 3.51. The number of nitrogens with one attached hydrogen (secondary N) is 1. The molecule has 19 heavy (non-hydrogen) atoms. The van der Waals surface area contributed by atoms with Crippen molar-refractivity contribution in [3.05, 3.63) is 27.7 Å². The van der Waals surface area contributed by atoms with Crippen molar-refractivity contribution in [2.45, 2.75) is 51.5 Å². The fraction of sp³-hybridized carbons (Fsp3) is 0.625. The van der Waals surface area contributed by atoms with E-state index in [9.17, 15) is 0 Å². The van der Waals surface area contributed by atoms with Crippen LogP contribution in [0.3, 0.4) is 0 Å². The van der Waals surface area contributed by atoms with Gasteiger partial charge in [-0.2, -0.15) is 0 Å². The maximum absolute atomic E-state index is 5.72. The van der Waals surface area contributed by atoms with E-state index in [1.54, 1.807) is 7.11 Å². The second kappa shape index (κ2) is 5.84. The minimum absolute atomic E-state index is 0.0903. The van der Waals surface area contributed by atoms with Crippen molar-refractivity contribution >= 4 is 15.9 Å². The first kappa shape index (κ1) is 14.9. The highest BCUT2D eigenvalue weighted by atomic mass is 79.9. The first-order valence-electron chi connectivity index (χ1n) is 7.02. The highest BCUT2D eigenvalue weighted by molar-refractivity contribution is 9.10. The van der Waals surface area contributed by atoms with Crippen LogP contribution in [0.5, 0.6) is 5.75 Å². The molecule has 0 radical (unpaired) electrons. The summed E-state index contributed by atoms with van der Waals surface area (Å²) in [5.41, 5.74) is 2.67. The number of hydrogen-bond donors (Lipinski definition) is 1. The van der Waals surface area contributed by atoms with Crippen LogP contribution in [0, 0.1) is 0 Å². The first-order chi connectivity index (χ1) is 8.91. The van der Waals surface area contributed by atoms with Crippen LogP contribution in [-0.4, -0.2) is 19.7 Å². The van der Waals surface area contributed by atoms with E-state index in [1.807, 2.05) is 0 Å². The van der Waals surface area contributed by atoms with E-state index < -0.39 is 0 Å². The molecule has 1 aromatic carbocycles. The third-order valence-corrected chi connectivity index (χ3v) is 4.23. The van der Waals surface area contributed by atoms with Gasteiger partial charge < -0.3 is 10.1 Å². The van der Waals surface area contributed by atoms with Crippen molar-refractivity contribution in [1.82, 2.24) is 5.32 Å². The number of benzene rings is 1. The molecular formula is C16H24BrNO. The maximum Gasteiger partial charge on any atom is 0.125 e. The summed E-state index contributed by atoms with van der Waals surface area (Å²) in [4.78, 5) is 0. The summed E-state index contributed by atoms with van der Waals surface area (Å²) in [6, 6.07) is 4.98. The van der Waals surface area contributed by atoms with Crippen LogP contribution < -0.4 is 10.1 Å². The highest BCUT2D eigenvalue weighted by Crippen LogP contribution is 2.37. The number of halogens is 1. The third-order valence-electron chi connectivity index (χ3n) is 3.77. The largest absolute Gasteiger partial charge is 0.496 e. The van der Waals surface area contributed by atoms with Crippen LogP contribution in [0.1, 0.15) is 44.7 Å². The van der Waals surface area contributed by atoms with Gasteiger partial charge in [-0.05, 0) is 48.9 Å². The van der Waals surface area contributed by atoms with Gasteiger partial charge in [0, 0.05) is 16.1 Å². The number of hydrogen-bond acceptors (Lipinski definition) is 2. The van der Waals surface area contributed by atoms with Crippen LogP contribution >= 0.6 is 15.9 Å². The first-order valence-corrected chi connectivity index (χ1v) is 7.81. The van der Waals surface area contributed by atoms with Gasteiger partial charge >= 0.3 is 0 Å². The summed E-state index contributed by atoms with van der Waals surface area (Å²) in [6.07, 6.45) is 3.60. The molecule has 1 fully saturated rings. The molecule has 1 aromatic rings. The molecule has 1 aliphatic heterocycles. The van der Waals surface area contributed by atoms with Crippen LogP contribution in [0.15, 0.2) is 16.6 Å². The second-order valence-corrected chi connectivity index (χ2v) is 7.31. The molecule has 106 valence electrons. The van der Waals surface area contributed by atoms with Gasteiger partial charge in [-0.1, -0.05) is 36.7 Å². The van der Waals surface area contributed by atoms with E-state index in [1.165, 1.54) is 24.0 Å². The summed E-state index contributed by atoms with van der Waals surface area (Å²) in [5.74, 6) is 1.06. The van der Waals surface area contributed by atoms with E-state index in [4.69, 9.17) is 4.74 Å². The van der Waals surface area contributed by atoms with Crippen molar-refractivity contribution in [2.24, 2.45) is 0 Å². The quantitative estimate of drug-likeness (QED) is 0.905. The molecule has 0 spiro atoms. The molecule has 1 aliphatic rings. The summed E-state index contributed by atoms with van der Waals surface area (Å²) < 4.78 is 6.86. The molecule has 3 heteroatoms. The van der Waals surface area contributed by atoms with Crippen molar-refractivity contribution in [3.8, 4) is 5.75 Å². The van der Waals surface area contributed by atoms with Crippen LogP contribution in [0.2, 0.25) is 0 Å². The molecule has 1 N–H and O–H groups in total. The lowest BCUT2D eigenvalue weighted by atomic mass is 9.84. The van der Waals surface area contributed by atoms with Gasteiger partial charge in [-0.25, -0.2) is 0 Å². The zero-order chi connectivity index (χ0) is 14.0. The minimum atomic E-state index is 0.0903. The van der Waals surface area contributed by atoms with Gasteiger partial charge in [-0.3, -0.25) is 0 Å². The van der Waals surface area contributed by atoms with Crippen molar-refractivity contribution in [1.29, 1.82) is 0 Å². The predicted octanol–water partition coefficient (Wildman–Crippen LogP) is 4.05. The lowest BCUT2D eigenvalue weighted by Gasteiger charge is -2.25. The zero-order valence-electron chi connectivity index (χ0n) is 12.3. The number of rotatable bonds is 3. The second-order valence-electron chi connectivity index (χ2n) is 6.39. The Hall–Kier alpha value is -0.540. The standard InChI is InChI=1S/C16H24BrNO/c1-16(2,3)14-10-12(17)8-11(15(14)19-4)9-13-6-5-7-18-13/h8,10,13,18H,5-7,9H2,1-4H3. The zero-order valence-corrected chi connectivity index (χ0v) is 13.9. The van der Waals surface area contributed by atoms with E-state index in [2.05, 4.69) is 54.2 Å². The molecule has 0 bridgehead atoms. The van der Waals surface area contributed by atoms with Gasteiger partial charge in [0.15, 0.2) is 0 Å². The SMILES string of the molecule is COc1c(CC2CCCN2)cc(Br)cc1C(C)(C)C. The Bertz CT molecular complexity index is 445. The summed E-state index contributed by atoms with van der Waals surface area (Å²) >= 11 is 3.64. The Morgan fingerprint density at radius 2 is 2.11 bits per heavy atom. The summed E-state index contributed by atoms with van der Waals surface area (Å²) in [6.45, 7) is 7.84. The minimum Gasteiger partial charge on any atom is -0.496 e. The van der Waals surface area contributed by atoms with Gasteiger partial charge in [-0.15, -0.1) is 0 Å². The topological polar surface area (TPSA) is 21.3 Å². The van der Waals surface area contributed by atoms with Crippen LogP contribution in [0.4, 0.5) is 0 Å². The van der Waals surface area contributed by atoms with Crippen LogP contribution in [0.25, 0.3) is 0 Å². The van der Waals surface area contributed by atoms with Crippen LogP contribution in [-0.2, 0) is 11.8 Å². The summed E-state index contributed by atoms with van der Waals surface area (Å²) in [7, 11) is 1.78. The Balaban J connectivity index is 2.38. The van der Waals surface area contributed by atoms with Gasteiger partial charge in [0.25, 0.3) is 0 Å². The van der Waals surface area contributed by atoms with Gasteiger partial charge in [0.1, 0.15) is 5.75 Å². The molecule has 0 aliphatic carbocycles. The Morgan fingerprint density at radius 1 is 1.37 bits per heavy atom. The maximum atomic E-state index is 5.72. The van der Waals surface area contributed by atoms with Crippen molar-refractivity contribution in [3.63, 3.8) is 0 Å². The lowest BCUT2D eigenvalue weighted by molar-refractivity contribution is 0.390. The molecule has 0 aromatic heterocycles. The Morgan fingerprint density at radius 3 is 2.63 bits per heavy atom. The fourth-order valence-corrected chi connectivity index (χ4v) is 3.30. The van der Waals surface area contributed by atoms with Crippen molar-refractivity contribution in [2.75, 3.05) is 13.7 Å². The van der Waals surface area contributed by atoms with Gasteiger partial charge in [0.2, 0.25) is 0 Å². The normalized spacial score (nSPS) is 19.7. The van der Waals surface area contributed by atoms with E-state index in [-0.39, 0.29) is 5.41 Å². The molecular weight excluding hydrogens is 302 g/mol. The molecule has 2 nitrogen and oxygen atoms in total. The Kier molecular flexibility index (Phi) is 4.57.